The van der Waals surface area contributed by atoms with Gasteiger partial charge in [-0.2, -0.15) is 0 Å². The first-order valence-corrected chi connectivity index (χ1v) is 4.04. The number of nitrogens with zero attached hydrogens (tertiary/aromatic N) is 1. The van der Waals surface area contributed by atoms with Crippen molar-refractivity contribution in [2.45, 2.75) is 19.9 Å². The normalized spacial score (nSPS) is 10.6. The van der Waals surface area contributed by atoms with Crippen LogP contribution in [0.5, 0.6) is 0 Å². The maximum absolute atomic E-state index is 12.4. The van der Waals surface area contributed by atoms with Crippen LogP contribution in [-0.2, 0) is 6.54 Å². The second-order valence-corrected chi connectivity index (χ2v) is 2.83. The number of aryl methyl sites for hydroxylation is 1. The number of alkyl halides is 2. The lowest BCUT2D eigenvalue weighted by Crippen LogP contribution is -2.06. The lowest BCUT2D eigenvalue weighted by atomic mass is 10.1. The quantitative estimate of drug-likeness (QED) is 0.754. The first kappa shape index (κ1) is 10.7. The van der Waals surface area contributed by atoms with E-state index in [4.69, 9.17) is 5.73 Å². The first-order valence-electron chi connectivity index (χ1n) is 4.04. The lowest BCUT2D eigenvalue weighted by Gasteiger charge is -2.08. The number of halogens is 2. The number of carbonyl (C=O) groups excluding carboxylic acids is 1. The van der Waals surface area contributed by atoms with Crippen LogP contribution in [-0.4, -0.2) is 11.3 Å². The molecule has 0 saturated carbocycles. The molecule has 0 aromatic carbocycles. The molecule has 0 bridgehead atoms. The smallest absolute Gasteiger partial charge is 0.266 e. The van der Waals surface area contributed by atoms with Gasteiger partial charge >= 0.3 is 0 Å². The summed E-state index contributed by atoms with van der Waals surface area (Å²) in [5, 5.41) is 0. The minimum Gasteiger partial charge on any atom is -0.326 e. The van der Waals surface area contributed by atoms with Gasteiger partial charge in [0.2, 0.25) is 0 Å². The number of aromatic nitrogens is 1. The largest absolute Gasteiger partial charge is 0.326 e. The van der Waals surface area contributed by atoms with E-state index in [0.29, 0.717) is 17.5 Å². The van der Waals surface area contributed by atoms with E-state index in [0.717, 1.165) is 0 Å². The predicted octanol–water partition coefficient (Wildman–Crippen LogP) is 1.60. The number of hydrogen-bond donors (Lipinski definition) is 1. The number of nitrogens with two attached hydrogens (primary N) is 1. The third kappa shape index (κ3) is 1.93. The van der Waals surface area contributed by atoms with Gasteiger partial charge in [0.25, 0.3) is 6.43 Å². The van der Waals surface area contributed by atoms with Gasteiger partial charge in [-0.15, -0.1) is 0 Å². The first-order chi connectivity index (χ1) is 6.60. The SMILES string of the molecule is Cc1nc(C=O)c(C(F)F)cc1CN. The Morgan fingerprint density at radius 2 is 2.29 bits per heavy atom. The topological polar surface area (TPSA) is 56.0 Å². The molecule has 0 amide bonds. The minimum absolute atomic E-state index is 0.137. The maximum atomic E-state index is 12.4. The molecule has 0 aliphatic carbocycles. The zero-order valence-electron chi connectivity index (χ0n) is 7.63. The second kappa shape index (κ2) is 4.23. The van der Waals surface area contributed by atoms with E-state index >= 15 is 0 Å². The molecule has 0 fully saturated rings. The summed E-state index contributed by atoms with van der Waals surface area (Å²) in [6, 6.07) is 1.23. The van der Waals surface area contributed by atoms with Crippen molar-refractivity contribution < 1.29 is 13.6 Å². The number of carbonyl (C=O) groups is 1. The molecule has 0 unspecified atom stereocenters. The van der Waals surface area contributed by atoms with Crippen LogP contribution in [0.3, 0.4) is 0 Å². The Balaban J connectivity index is 3.32. The van der Waals surface area contributed by atoms with E-state index in [1.807, 2.05) is 0 Å². The lowest BCUT2D eigenvalue weighted by molar-refractivity contribution is 0.110. The van der Waals surface area contributed by atoms with Crippen molar-refractivity contribution in [1.82, 2.24) is 4.98 Å². The summed E-state index contributed by atoms with van der Waals surface area (Å²) >= 11 is 0. The molecule has 3 nitrogen and oxygen atoms in total. The van der Waals surface area contributed by atoms with Gasteiger partial charge in [0, 0.05) is 17.8 Å². The number of pyridine rings is 1. The average molecular weight is 200 g/mol. The van der Waals surface area contributed by atoms with Crippen LogP contribution in [0.25, 0.3) is 0 Å². The molecule has 0 saturated heterocycles. The summed E-state index contributed by atoms with van der Waals surface area (Å²) in [6.45, 7) is 1.77. The summed E-state index contributed by atoms with van der Waals surface area (Å²) < 4.78 is 24.8. The Labute approximate surface area is 79.9 Å². The monoisotopic (exact) mass is 200 g/mol. The molecule has 76 valence electrons. The molecule has 0 radical (unpaired) electrons. The molecule has 0 atom stereocenters. The molecular formula is C9H10F2N2O. The minimum atomic E-state index is -2.70. The molecule has 5 heteroatoms. The fourth-order valence-electron chi connectivity index (χ4n) is 1.16. The van der Waals surface area contributed by atoms with E-state index in [1.54, 1.807) is 6.92 Å². The molecule has 1 aromatic heterocycles. The van der Waals surface area contributed by atoms with Crippen molar-refractivity contribution in [1.29, 1.82) is 0 Å². The van der Waals surface area contributed by atoms with Crippen molar-refractivity contribution in [3.8, 4) is 0 Å². The van der Waals surface area contributed by atoms with Gasteiger partial charge in [-0.3, -0.25) is 4.79 Å². The van der Waals surface area contributed by atoms with E-state index in [2.05, 4.69) is 4.98 Å². The standard InChI is InChI=1S/C9H10F2N2O/c1-5-6(3-12)2-7(9(10)11)8(4-14)13-5/h2,4,9H,3,12H2,1H3. The average Bonchev–Trinajstić information content (AvgIpc) is 2.16. The van der Waals surface area contributed by atoms with Crippen LogP contribution in [0.2, 0.25) is 0 Å². The van der Waals surface area contributed by atoms with E-state index in [-0.39, 0.29) is 17.8 Å². The Kier molecular flexibility index (Phi) is 3.24. The van der Waals surface area contributed by atoms with Crippen LogP contribution >= 0.6 is 0 Å². The summed E-state index contributed by atoms with van der Waals surface area (Å²) in [6.07, 6.45) is -2.37. The molecule has 14 heavy (non-hydrogen) atoms. The fourth-order valence-corrected chi connectivity index (χ4v) is 1.16. The maximum Gasteiger partial charge on any atom is 0.266 e. The van der Waals surface area contributed by atoms with Gasteiger partial charge in [-0.1, -0.05) is 0 Å². The van der Waals surface area contributed by atoms with Crippen LogP contribution < -0.4 is 5.73 Å². The zero-order valence-corrected chi connectivity index (χ0v) is 7.63. The van der Waals surface area contributed by atoms with Gasteiger partial charge < -0.3 is 5.73 Å². The highest BCUT2D eigenvalue weighted by molar-refractivity contribution is 5.74. The van der Waals surface area contributed by atoms with Gasteiger partial charge in [0.05, 0.1) is 0 Å². The molecule has 0 spiro atoms. The molecule has 1 heterocycles. The third-order valence-corrected chi connectivity index (χ3v) is 1.95. The Hall–Kier alpha value is -1.36. The molecule has 1 rings (SSSR count). The van der Waals surface area contributed by atoms with E-state index < -0.39 is 6.43 Å². The molecule has 0 aliphatic heterocycles. The van der Waals surface area contributed by atoms with Crippen LogP contribution in [0.15, 0.2) is 6.07 Å². The molecule has 0 aliphatic rings. The third-order valence-electron chi connectivity index (χ3n) is 1.95. The molecule has 1 aromatic rings. The van der Waals surface area contributed by atoms with Gasteiger partial charge in [-0.05, 0) is 18.6 Å². The van der Waals surface area contributed by atoms with E-state index in [9.17, 15) is 13.6 Å². The Morgan fingerprint density at radius 1 is 1.64 bits per heavy atom. The predicted molar refractivity (Wildman–Crippen MR) is 47.2 cm³/mol. The molecular weight excluding hydrogens is 190 g/mol. The highest BCUT2D eigenvalue weighted by Gasteiger charge is 2.15. The summed E-state index contributed by atoms with van der Waals surface area (Å²) in [5.41, 5.74) is 5.82. The summed E-state index contributed by atoms with van der Waals surface area (Å²) in [4.78, 5) is 14.2. The Morgan fingerprint density at radius 3 is 2.71 bits per heavy atom. The summed E-state index contributed by atoms with van der Waals surface area (Å²) in [5.74, 6) is 0. The van der Waals surface area contributed by atoms with Crippen LogP contribution in [0, 0.1) is 6.92 Å². The molecule has 2 N–H and O–H groups in total. The van der Waals surface area contributed by atoms with Crippen molar-refractivity contribution in [3.63, 3.8) is 0 Å². The number of aldehydes is 1. The van der Waals surface area contributed by atoms with Crippen molar-refractivity contribution >= 4 is 6.29 Å². The van der Waals surface area contributed by atoms with Crippen molar-refractivity contribution in [2.24, 2.45) is 5.73 Å². The fraction of sp³-hybridized carbons (Fsp3) is 0.333. The summed E-state index contributed by atoms with van der Waals surface area (Å²) in [7, 11) is 0. The highest BCUT2D eigenvalue weighted by atomic mass is 19.3. The zero-order chi connectivity index (χ0) is 10.7. The van der Waals surface area contributed by atoms with Crippen LogP contribution in [0.4, 0.5) is 8.78 Å². The van der Waals surface area contributed by atoms with Gasteiger partial charge in [0.1, 0.15) is 5.69 Å². The van der Waals surface area contributed by atoms with Gasteiger partial charge in [-0.25, -0.2) is 13.8 Å². The van der Waals surface area contributed by atoms with Crippen molar-refractivity contribution in [2.75, 3.05) is 0 Å². The number of hydrogen-bond acceptors (Lipinski definition) is 3. The van der Waals surface area contributed by atoms with Gasteiger partial charge in [0.15, 0.2) is 6.29 Å². The Bertz CT molecular complexity index is 353. The number of rotatable bonds is 3. The van der Waals surface area contributed by atoms with Crippen LogP contribution in [0.1, 0.15) is 33.7 Å². The second-order valence-electron chi connectivity index (χ2n) is 2.83. The van der Waals surface area contributed by atoms with Crippen molar-refractivity contribution in [3.05, 3.63) is 28.6 Å². The highest BCUT2D eigenvalue weighted by Crippen LogP contribution is 2.23. The van der Waals surface area contributed by atoms with E-state index in [1.165, 1.54) is 6.07 Å².